The number of imidazole rings is 1. The van der Waals surface area contributed by atoms with E-state index in [2.05, 4.69) is 4.98 Å². The van der Waals surface area contributed by atoms with Crippen molar-refractivity contribution in [2.24, 2.45) is 0 Å². The van der Waals surface area contributed by atoms with Crippen molar-refractivity contribution in [1.29, 1.82) is 0 Å². The van der Waals surface area contributed by atoms with E-state index in [4.69, 9.17) is 14.2 Å². The van der Waals surface area contributed by atoms with E-state index in [1.54, 1.807) is 25.3 Å². The molecule has 1 aliphatic heterocycles. The predicted molar refractivity (Wildman–Crippen MR) is 114 cm³/mol. The summed E-state index contributed by atoms with van der Waals surface area (Å²) in [6, 6.07) is 12.5. The molecule has 10 heteroatoms. The minimum Gasteiger partial charge on any atom is -0.497 e. The standard InChI is InChI=1S/C22H26N2O8/c1-30-13-7-5-12(6-8-13)9-10-24-17-14(23-22(24)29)3-2-4-15(17)31-21-20(28)19(27)18(26)16(11-25)32-21/h2-8,16,18-21,25-28H,9-11H2,1H3,(H,23,29)/t16-,18-,19+,20-,21?/m0/s1. The van der Waals surface area contributed by atoms with Crippen molar-refractivity contribution in [2.75, 3.05) is 13.7 Å². The Labute approximate surface area is 183 Å². The van der Waals surface area contributed by atoms with Crippen molar-refractivity contribution >= 4 is 11.0 Å². The molecule has 2 heterocycles. The van der Waals surface area contributed by atoms with Crippen LogP contribution in [0.3, 0.4) is 0 Å². The number of ether oxygens (including phenoxy) is 3. The third-order valence-corrected chi connectivity index (χ3v) is 5.63. The third kappa shape index (κ3) is 4.23. The first-order valence-corrected chi connectivity index (χ1v) is 10.2. The molecule has 1 saturated heterocycles. The van der Waals surface area contributed by atoms with Gasteiger partial charge in [0, 0.05) is 6.54 Å². The Hall–Kier alpha value is -2.89. The number of hydrogen-bond donors (Lipinski definition) is 5. The number of aromatic amines is 1. The minimum absolute atomic E-state index is 0.250. The van der Waals surface area contributed by atoms with E-state index < -0.39 is 37.3 Å². The molecule has 0 radical (unpaired) electrons. The summed E-state index contributed by atoms with van der Waals surface area (Å²) in [4.78, 5) is 15.4. The number of nitrogens with zero attached hydrogens (tertiary/aromatic N) is 1. The Bertz CT molecular complexity index is 1110. The van der Waals surface area contributed by atoms with Crippen LogP contribution in [-0.4, -0.2) is 74.4 Å². The monoisotopic (exact) mass is 446 g/mol. The van der Waals surface area contributed by atoms with E-state index >= 15 is 0 Å². The lowest BCUT2D eigenvalue weighted by Gasteiger charge is -2.39. The molecular weight excluding hydrogens is 420 g/mol. The van der Waals surface area contributed by atoms with Gasteiger partial charge in [-0.1, -0.05) is 18.2 Å². The van der Waals surface area contributed by atoms with Crippen LogP contribution in [0.25, 0.3) is 11.0 Å². The molecule has 0 bridgehead atoms. The summed E-state index contributed by atoms with van der Waals surface area (Å²) in [5.41, 5.74) is 1.70. The number of fused-ring (bicyclic) bond motifs is 1. The van der Waals surface area contributed by atoms with Crippen LogP contribution >= 0.6 is 0 Å². The van der Waals surface area contributed by atoms with Gasteiger partial charge in [0.25, 0.3) is 0 Å². The van der Waals surface area contributed by atoms with E-state index in [1.165, 1.54) is 4.57 Å². The highest BCUT2D eigenvalue weighted by Crippen LogP contribution is 2.29. The number of nitrogens with one attached hydrogen (secondary N) is 1. The minimum atomic E-state index is -1.56. The van der Waals surface area contributed by atoms with Gasteiger partial charge in [0.1, 0.15) is 41.4 Å². The number of aryl methyl sites for hydroxylation is 2. The van der Waals surface area contributed by atoms with E-state index in [1.807, 2.05) is 24.3 Å². The number of rotatable bonds is 7. The molecule has 10 nitrogen and oxygen atoms in total. The number of H-pyrrole nitrogens is 1. The summed E-state index contributed by atoms with van der Waals surface area (Å²) in [6.07, 6.45) is -6.47. The summed E-state index contributed by atoms with van der Waals surface area (Å²) in [5, 5.41) is 39.7. The molecule has 2 aromatic carbocycles. The summed E-state index contributed by atoms with van der Waals surface area (Å²) < 4.78 is 17.9. The number of para-hydroxylation sites is 1. The molecule has 0 saturated carbocycles. The number of benzene rings is 2. The lowest BCUT2D eigenvalue weighted by Crippen LogP contribution is -2.60. The lowest BCUT2D eigenvalue weighted by atomic mass is 9.99. The maximum Gasteiger partial charge on any atom is 0.326 e. The highest BCUT2D eigenvalue weighted by molar-refractivity contribution is 5.82. The highest BCUT2D eigenvalue weighted by Gasteiger charge is 2.44. The number of aliphatic hydroxyl groups is 4. The zero-order chi connectivity index (χ0) is 22.8. The SMILES string of the molecule is COc1ccc(CCn2c(=O)[nH]c3cccc(OC4O[C@@H](CO)[C@H](O)[C@@H](O)[C@@H]4O)c32)cc1. The van der Waals surface area contributed by atoms with Crippen molar-refractivity contribution in [3.05, 3.63) is 58.5 Å². The number of methoxy groups -OCH3 is 1. The van der Waals surface area contributed by atoms with Gasteiger partial charge >= 0.3 is 5.69 Å². The van der Waals surface area contributed by atoms with Crippen molar-refractivity contribution < 1.29 is 34.6 Å². The smallest absolute Gasteiger partial charge is 0.326 e. The van der Waals surface area contributed by atoms with Gasteiger partial charge in [-0.3, -0.25) is 4.57 Å². The second-order valence-corrected chi connectivity index (χ2v) is 7.65. The zero-order valence-electron chi connectivity index (χ0n) is 17.4. The van der Waals surface area contributed by atoms with Crippen LogP contribution in [0, 0.1) is 0 Å². The lowest BCUT2D eigenvalue weighted by molar-refractivity contribution is -0.277. The maximum atomic E-state index is 12.6. The van der Waals surface area contributed by atoms with Gasteiger partial charge in [-0.25, -0.2) is 4.79 Å². The molecule has 1 unspecified atom stereocenters. The van der Waals surface area contributed by atoms with Gasteiger partial charge < -0.3 is 39.6 Å². The van der Waals surface area contributed by atoms with Gasteiger partial charge in [0.15, 0.2) is 0 Å². The van der Waals surface area contributed by atoms with Crippen molar-refractivity contribution in [1.82, 2.24) is 9.55 Å². The van der Waals surface area contributed by atoms with E-state index in [0.717, 1.165) is 11.3 Å². The Morgan fingerprint density at radius 3 is 2.50 bits per heavy atom. The molecule has 3 aromatic rings. The number of aromatic nitrogens is 2. The molecule has 0 amide bonds. The molecule has 0 aliphatic carbocycles. The Kier molecular flexibility index (Phi) is 6.49. The topological polar surface area (TPSA) is 146 Å². The predicted octanol–water partition coefficient (Wildman–Crippen LogP) is -0.240. The van der Waals surface area contributed by atoms with Crippen molar-refractivity contribution in [3.8, 4) is 11.5 Å². The van der Waals surface area contributed by atoms with Crippen LogP contribution in [0.1, 0.15) is 5.56 Å². The van der Waals surface area contributed by atoms with Crippen LogP contribution < -0.4 is 15.2 Å². The molecule has 0 spiro atoms. The van der Waals surface area contributed by atoms with E-state index in [9.17, 15) is 25.2 Å². The normalized spacial score (nSPS) is 25.7. The van der Waals surface area contributed by atoms with Gasteiger partial charge in [-0.05, 0) is 36.2 Å². The van der Waals surface area contributed by atoms with E-state index in [-0.39, 0.29) is 11.4 Å². The Balaban J connectivity index is 1.60. The summed E-state index contributed by atoms with van der Waals surface area (Å²) in [5.74, 6) is 0.994. The number of aliphatic hydroxyl groups excluding tert-OH is 4. The summed E-state index contributed by atoms with van der Waals surface area (Å²) in [7, 11) is 1.59. The number of hydrogen-bond acceptors (Lipinski definition) is 8. The van der Waals surface area contributed by atoms with Gasteiger partial charge in [0.2, 0.25) is 6.29 Å². The second-order valence-electron chi connectivity index (χ2n) is 7.65. The van der Waals surface area contributed by atoms with Crippen molar-refractivity contribution in [2.45, 2.75) is 43.7 Å². The molecule has 5 atom stereocenters. The summed E-state index contributed by atoms with van der Waals surface area (Å²) >= 11 is 0. The molecule has 5 N–H and O–H groups in total. The van der Waals surface area contributed by atoms with Crippen LogP contribution in [0.2, 0.25) is 0 Å². The third-order valence-electron chi connectivity index (χ3n) is 5.63. The largest absolute Gasteiger partial charge is 0.497 e. The Morgan fingerprint density at radius 2 is 1.81 bits per heavy atom. The zero-order valence-corrected chi connectivity index (χ0v) is 17.4. The van der Waals surface area contributed by atoms with Crippen LogP contribution in [-0.2, 0) is 17.7 Å². The van der Waals surface area contributed by atoms with Crippen LogP contribution in [0.5, 0.6) is 11.5 Å². The maximum absolute atomic E-state index is 12.6. The average Bonchev–Trinajstić information content (AvgIpc) is 3.14. The van der Waals surface area contributed by atoms with E-state index in [0.29, 0.717) is 24.0 Å². The summed E-state index contributed by atoms with van der Waals surface area (Å²) in [6.45, 7) is -0.202. The van der Waals surface area contributed by atoms with Gasteiger partial charge in [-0.15, -0.1) is 0 Å². The fourth-order valence-electron chi connectivity index (χ4n) is 3.82. The average molecular weight is 446 g/mol. The molecule has 32 heavy (non-hydrogen) atoms. The highest BCUT2D eigenvalue weighted by atomic mass is 16.7. The molecule has 1 fully saturated rings. The van der Waals surface area contributed by atoms with Gasteiger partial charge in [0.05, 0.1) is 19.2 Å². The molecular formula is C22H26N2O8. The quantitative estimate of drug-likeness (QED) is 0.334. The first-order chi connectivity index (χ1) is 15.4. The first kappa shape index (κ1) is 22.3. The van der Waals surface area contributed by atoms with Crippen LogP contribution in [0.15, 0.2) is 47.3 Å². The van der Waals surface area contributed by atoms with Gasteiger partial charge in [-0.2, -0.15) is 0 Å². The molecule has 4 rings (SSSR count). The molecule has 1 aliphatic rings. The Morgan fingerprint density at radius 1 is 1.06 bits per heavy atom. The fourth-order valence-corrected chi connectivity index (χ4v) is 3.82. The second kappa shape index (κ2) is 9.31. The first-order valence-electron chi connectivity index (χ1n) is 10.2. The molecule has 1 aromatic heterocycles. The van der Waals surface area contributed by atoms with Crippen molar-refractivity contribution in [3.63, 3.8) is 0 Å². The van der Waals surface area contributed by atoms with Crippen LogP contribution in [0.4, 0.5) is 0 Å². The molecule has 172 valence electrons. The fraction of sp³-hybridized carbons (Fsp3) is 0.409.